The molecule has 0 bridgehead atoms. The molecular weight excluding hydrogens is 402 g/mol. The molecule has 0 radical (unpaired) electrons. The van der Waals surface area contributed by atoms with Crippen LogP contribution >= 0.6 is 11.8 Å². The van der Waals surface area contributed by atoms with E-state index in [9.17, 15) is 14.9 Å². The molecule has 0 spiro atoms. The minimum Gasteiger partial charge on any atom is -0.361 e. The van der Waals surface area contributed by atoms with E-state index in [0.717, 1.165) is 11.1 Å². The summed E-state index contributed by atoms with van der Waals surface area (Å²) in [6.07, 6.45) is 2.36. The number of thioether (sulfide) groups is 1. The van der Waals surface area contributed by atoms with Crippen molar-refractivity contribution in [1.82, 2.24) is 9.55 Å². The lowest BCUT2D eigenvalue weighted by atomic mass is 9.97. The molecule has 3 aromatic rings. The second-order valence-electron chi connectivity index (χ2n) is 6.83. The maximum atomic E-state index is 13.0. The monoisotopic (exact) mass is 421 g/mol. The fourth-order valence-corrected chi connectivity index (χ4v) is 3.93. The molecule has 0 saturated carbocycles. The number of hydrogen-bond acceptors (Lipinski definition) is 7. The fourth-order valence-electron chi connectivity index (χ4n) is 3.39. The number of anilines is 1. The number of non-ortho nitro benzene ring substituents is 1. The van der Waals surface area contributed by atoms with Crippen LogP contribution in [0.15, 0.2) is 69.5 Å². The van der Waals surface area contributed by atoms with Crippen LogP contribution in [-0.4, -0.2) is 26.4 Å². The van der Waals surface area contributed by atoms with Crippen LogP contribution in [0, 0.1) is 10.1 Å². The van der Waals surface area contributed by atoms with Crippen molar-refractivity contribution in [2.45, 2.75) is 17.6 Å². The van der Waals surface area contributed by atoms with Gasteiger partial charge < -0.3 is 5.32 Å². The summed E-state index contributed by atoms with van der Waals surface area (Å²) in [6, 6.07) is 15.9. The van der Waals surface area contributed by atoms with Crippen LogP contribution in [0.3, 0.4) is 0 Å². The van der Waals surface area contributed by atoms with Crippen molar-refractivity contribution < 1.29 is 4.92 Å². The van der Waals surface area contributed by atoms with Gasteiger partial charge in [0.25, 0.3) is 11.2 Å². The zero-order valence-electron chi connectivity index (χ0n) is 16.4. The third kappa shape index (κ3) is 3.71. The molecule has 0 aliphatic carbocycles. The van der Waals surface area contributed by atoms with Crippen molar-refractivity contribution in [3.05, 3.63) is 86.2 Å². The quantitative estimate of drug-likeness (QED) is 0.295. The molecule has 0 amide bonds. The minimum absolute atomic E-state index is 0.00768. The van der Waals surface area contributed by atoms with Gasteiger partial charge >= 0.3 is 0 Å². The first-order chi connectivity index (χ1) is 14.5. The summed E-state index contributed by atoms with van der Waals surface area (Å²) in [5, 5.41) is 15.0. The predicted octanol–water partition coefficient (Wildman–Crippen LogP) is 4.09. The number of benzene rings is 2. The van der Waals surface area contributed by atoms with Gasteiger partial charge in [0.05, 0.1) is 16.7 Å². The topological polar surface area (TPSA) is 102 Å². The van der Waals surface area contributed by atoms with Gasteiger partial charge in [-0.25, -0.2) is 9.98 Å². The summed E-state index contributed by atoms with van der Waals surface area (Å²) in [7, 11) is 1.67. The first kappa shape index (κ1) is 19.8. The molecule has 1 aliphatic rings. The summed E-state index contributed by atoms with van der Waals surface area (Å²) in [5.41, 5.74) is 2.43. The van der Waals surface area contributed by atoms with Crippen LogP contribution in [0.5, 0.6) is 0 Å². The molecular formula is C21H19N5O3S. The van der Waals surface area contributed by atoms with Gasteiger partial charge in [-0.05, 0) is 29.5 Å². The van der Waals surface area contributed by atoms with Crippen molar-refractivity contribution in [3.63, 3.8) is 0 Å². The molecule has 8 nitrogen and oxygen atoms in total. The number of nitrogens with one attached hydrogen (secondary N) is 1. The molecule has 152 valence electrons. The van der Waals surface area contributed by atoms with Gasteiger partial charge in [-0.1, -0.05) is 42.1 Å². The number of aromatic nitrogens is 2. The van der Waals surface area contributed by atoms with Crippen LogP contribution in [-0.2, 0) is 7.05 Å². The van der Waals surface area contributed by atoms with E-state index in [1.807, 2.05) is 36.6 Å². The molecule has 1 N–H and O–H groups in total. The third-order valence-corrected chi connectivity index (χ3v) is 5.71. The Morgan fingerprint density at radius 3 is 2.50 bits per heavy atom. The molecule has 1 aromatic heterocycles. The second kappa shape index (κ2) is 8.11. The van der Waals surface area contributed by atoms with Crippen molar-refractivity contribution in [1.29, 1.82) is 0 Å². The van der Waals surface area contributed by atoms with E-state index in [2.05, 4.69) is 15.3 Å². The zero-order valence-corrected chi connectivity index (χ0v) is 17.2. The number of fused-ring (bicyclic) bond motifs is 1. The van der Waals surface area contributed by atoms with Crippen molar-refractivity contribution >= 4 is 34.7 Å². The lowest BCUT2D eigenvalue weighted by molar-refractivity contribution is -0.384. The van der Waals surface area contributed by atoms with Crippen molar-refractivity contribution in [2.24, 2.45) is 12.0 Å². The van der Waals surface area contributed by atoms with E-state index in [1.54, 1.807) is 19.2 Å². The van der Waals surface area contributed by atoms with Gasteiger partial charge in [0.2, 0.25) is 0 Å². The highest BCUT2D eigenvalue weighted by atomic mass is 32.2. The van der Waals surface area contributed by atoms with E-state index >= 15 is 0 Å². The Morgan fingerprint density at radius 1 is 1.17 bits per heavy atom. The highest BCUT2D eigenvalue weighted by Crippen LogP contribution is 2.33. The van der Waals surface area contributed by atoms with E-state index in [-0.39, 0.29) is 23.0 Å². The lowest BCUT2D eigenvalue weighted by Crippen LogP contribution is -2.21. The number of nitro benzene ring substituents is 1. The molecule has 9 heteroatoms. The Labute approximate surface area is 176 Å². The second-order valence-corrected chi connectivity index (χ2v) is 7.61. The molecule has 2 heterocycles. The van der Waals surface area contributed by atoms with Gasteiger partial charge in [0.15, 0.2) is 16.7 Å². The maximum Gasteiger partial charge on any atom is 0.282 e. The summed E-state index contributed by atoms with van der Waals surface area (Å²) < 4.78 is 1.48. The van der Waals surface area contributed by atoms with E-state index in [1.165, 1.54) is 28.5 Å². The first-order valence-electron chi connectivity index (χ1n) is 9.27. The van der Waals surface area contributed by atoms with Gasteiger partial charge in [-0.2, -0.15) is 0 Å². The summed E-state index contributed by atoms with van der Waals surface area (Å²) in [4.78, 5) is 32.8. The number of nitro groups is 1. The van der Waals surface area contributed by atoms with Crippen LogP contribution < -0.4 is 10.9 Å². The SMILES string of the molecule is CSc1nc2c(c(=O)n1C)N=C(c1ccc([N+](=O)[O-])cc1)CC(c1ccccc1)N2. The van der Waals surface area contributed by atoms with Gasteiger partial charge in [-0.3, -0.25) is 19.5 Å². The normalized spacial score (nSPS) is 15.5. The van der Waals surface area contributed by atoms with Crippen molar-refractivity contribution in [2.75, 3.05) is 11.6 Å². The average Bonchev–Trinajstić information content (AvgIpc) is 2.97. The average molecular weight is 421 g/mol. The van der Waals surface area contributed by atoms with Gasteiger partial charge in [0.1, 0.15) is 0 Å². The van der Waals surface area contributed by atoms with Gasteiger partial charge in [0, 0.05) is 25.6 Å². The Hall–Kier alpha value is -3.46. The van der Waals surface area contributed by atoms with Crippen LogP contribution in [0.25, 0.3) is 0 Å². The standard InChI is InChI=1S/C21H19N5O3S/c1-25-20(27)18-19(24-21(25)30-2)23-17(13-6-4-3-5-7-13)12-16(22-18)14-8-10-15(11-9-14)26(28)29/h3-11,17,23H,12H2,1-2H3. The Balaban J connectivity index is 1.88. The molecule has 4 rings (SSSR count). The molecule has 30 heavy (non-hydrogen) atoms. The maximum absolute atomic E-state index is 13.0. The molecule has 1 unspecified atom stereocenters. The summed E-state index contributed by atoms with van der Waals surface area (Å²) in [6.45, 7) is 0. The number of rotatable bonds is 4. The molecule has 0 saturated heterocycles. The van der Waals surface area contributed by atoms with E-state index in [0.29, 0.717) is 23.1 Å². The molecule has 1 atom stereocenters. The van der Waals surface area contributed by atoms with E-state index < -0.39 is 4.92 Å². The van der Waals surface area contributed by atoms with E-state index in [4.69, 9.17) is 0 Å². The minimum atomic E-state index is -0.439. The molecule has 2 aromatic carbocycles. The largest absolute Gasteiger partial charge is 0.361 e. The summed E-state index contributed by atoms with van der Waals surface area (Å²) >= 11 is 1.39. The van der Waals surface area contributed by atoms with Crippen LogP contribution in [0.1, 0.15) is 23.6 Å². The number of hydrogen-bond donors (Lipinski definition) is 1. The highest BCUT2D eigenvalue weighted by Gasteiger charge is 2.25. The van der Waals surface area contributed by atoms with Gasteiger partial charge in [-0.15, -0.1) is 0 Å². The number of aliphatic imine (C=N–C) groups is 1. The lowest BCUT2D eigenvalue weighted by Gasteiger charge is -2.19. The smallest absolute Gasteiger partial charge is 0.282 e. The predicted molar refractivity (Wildman–Crippen MR) is 118 cm³/mol. The number of nitrogens with zero attached hydrogens (tertiary/aromatic N) is 4. The zero-order chi connectivity index (χ0) is 21.3. The Morgan fingerprint density at radius 2 is 1.87 bits per heavy atom. The molecule has 1 aliphatic heterocycles. The summed E-state index contributed by atoms with van der Waals surface area (Å²) in [5.74, 6) is 0.438. The van der Waals surface area contributed by atoms with Crippen molar-refractivity contribution in [3.8, 4) is 0 Å². The fraction of sp³-hybridized carbons (Fsp3) is 0.190. The highest BCUT2D eigenvalue weighted by molar-refractivity contribution is 7.98. The molecule has 0 fully saturated rings. The third-order valence-electron chi connectivity index (χ3n) is 4.98. The van der Waals surface area contributed by atoms with Crippen LogP contribution in [0.2, 0.25) is 0 Å². The van der Waals surface area contributed by atoms with Crippen LogP contribution in [0.4, 0.5) is 17.2 Å². The Kier molecular flexibility index (Phi) is 5.37. The first-order valence-corrected chi connectivity index (χ1v) is 10.5. The Bertz CT molecular complexity index is 1190.